The Labute approximate surface area is 185 Å². The average molecular weight is 462 g/mol. The van der Waals surface area contributed by atoms with Crippen LogP contribution in [-0.4, -0.2) is 40.1 Å². The van der Waals surface area contributed by atoms with E-state index >= 15 is 0 Å². The fraction of sp³-hybridized carbons (Fsp3) is 0.238. The van der Waals surface area contributed by atoms with Gasteiger partial charge in [-0.3, -0.25) is 4.79 Å². The number of ether oxygens (including phenoxy) is 2. The summed E-state index contributed by atoms with van der Waals surface area (Å²) in [5, 5.41) is 4.71. The van der Waals surface area contributed by atoms with Crippen LogP contribution < -0.4 is 19.1 Å². The zero-order valence-electron chi connectivity index (χ0n) is 17.3. The second-order valence-corrected chi connectivity index (χ2v) is 9.27. The number of hydrogen-bond donors (Lipinski definition) is 1. The Balaban J connectivity index is 1.84. The molecule has 0 bridgehead atoms. The first-order valence-corrected chi connectivity index (χ1v) is 11.7. The number of nitrogens with one attached hydrogen (secondary N) is 1. The number of methoxy groups -OCH3 is 2. The molecule has 0 fully saturated rings. The van der Waals surface area contributed by atoms with Crippen molar-refractivity contribution in [3.8, 4) is 11.5 Å². The number of carbonyl (C=O) groups excluding carboxylic acids is 1. The van der Waals surface area contributed by atoms with E-state index in [1.807, 2.05) is 0 Å². The van der Waals surface area contributed by atoms with Gasteiger partial charge in [0.25, 0.3) is 10.0 Å². The molecule has 8 nitrogen and oxygen atoms in total. The van der Waals surface area contributed by atoms with Gasteiger partial charge in [-0.1, -0.05) is 18.2 Å². The lowest BCUT2D eigenvalue weighted by atomic mass is 10.1. The van der Waals surface area contributed by atoms with Gasteiger partial charge >= 0.3 is 0 Å². The molecule has 0 aliphatic rings. The Morgan fingerprint density at radius 2 is 1.90 bits per heavy atom. The van der Waals surface area contributed by atoms with Crippen molar-refractivity contribution in [2.45, 2.75) is 17.9 Å². The summed E-state index contributed by atoms with van der Waals surface area (Å²) in [6, 6.07) is 12.8. The second kappa shape index (κ2) is 9.80. The second-order valence-electron chi connectivity index (χ2n) is 6.54. The van der Waals surface area contributed by atoms with Crippen LogP contribution in [0.1, 0.15) is 18.5 Å². The predicted octanol–water partition coefficient (Wildman–Crippen LogP) is 3.23. The summed E-state index contributed by atoms with van der Waals surface area (Å²) >= 11 is 1.14. The van der Waals surface area contributed by atoms with Gasteiger partial charge in [-0.05, 0) is 37.3 Å². The van der Waals surface area contributed by atoms with Gasteiger partial charge in [-0.2, -0.15) is 0 Å². The number of benzene rings is 2. The number of amides is 1. The van der Waals surface area contributed by atoms with Crippen LogP contribution in [-0.2, 0) is 14.8 Å². The summed E-state index contributed by atoms with van der Waals surface area (Å²) in [4.78, 5) is 17.0. The Morgan fingerprint density at radius 3 is 2.52 bits per heavy atom. The summed E-state index contributed by atoms with van der Waals surface area (Å²) in [7, 11) is -0.878. The fourth-order valence-electron chi connectivity index (χ4n) is 2.99. The molecule has 1 N–H and O–H groups in total. The molecule has 164 valence electrons. The minimum atomic E-state index is -3.97. The number of thiazole rings is 1. The van der Waals surface area contributed by atoms with Crippen molar-refractivity contribution in [3.63, 3.8) is 0 Å². The first-order chi connectivity index (χ1) is 14.9. The molecular weight excluding hydrogens is 438 g/mol. The number of nitrogens with zero attached hydrogens (tertiary/aromatic N) is 2. The van der Waals surface area contributed by atoms with Crippen molar-refractivity contribution >= 4 is 32.4 Å². The van der Waals surface area contributed by atoms with Crippen LogP contribution in [0.15, 0.2) is 65.0 Å². The van der Waals surface area contributed by atoms with Crippen LogP contribution >= 0.6 is 11.3 Å². The zero-order valence-corrected chi connectivity index (χ0v) is 18.9. The van der Waals surface area contributed by atoms with Crippen LogP contribution in [0.4, 0.5) is 5.13 Å². The SMILES string of the molecule is COc1ccc(OC)c([C@@H](C)NC(=O)CN(c2nccs2)S(=O)(=O)c2ccccc2)c1. The van der Waals surface area contributed by atoms with Crippen molar-refractivity contribution < 1.29 is 22.7 Å². The first kappa shape index (κ1) is 22.6. The number of rotatable bonds is 9. The first-order valence-electron chi connectivity index (χ1n) is 9.35. The normalized spacial score (nSPS) is 12.1. The molecule has 0 spiro atoms. The molecule has 2 aromatic carbocycles. The lowest BCUT2D eigenvalue weighted by Crippen LogP contribution is -2.41. The highest BCUT2D eigenvalue weighted by Crippen LogP contribution is 2.30. The zero-order chi connectivity index (χ0) is 22.4. The molecule has 31 heavy (non-hydrogen) atoms. The van der Waals surface area contributed by atoms with Crippen LogP contribution in [0.25, 0.3) is 0 Å². The summed E-state index contributed by atoms with van der Waals surface area (Å²) in [6.07, 6.45) is 1.50. The van der Waals surface area contributed by atoms with E-state index in [1.165, 1.54) is 25.4 Å². The summed E-state index contributed by atoms with van der Waals surface area (Å²) in [5.41, 5.74) is 0.710. The maximum Gasteiger partial charge on any atom is 0.266 e. The van der Waals surface area contributed by atoms with Gasteiger partial charge in [-0.15, -0.1) is 11.3 Å². The monoisotopic (exact) mass is 461 g/mol. The Hall–Kier alpha value is -3.11. The highest BCUT2D eigenvalue weighted by molar-refractivity contribution is 7.93. The van der Waals surface area contributed by atoms with E-state index in [-0.39, 0.29) is 10.0 Å². The van der Waals surface area contributed by atoms with E-state index in [2.05, 4.69) is 10.3 Å². The molecule has 10 heteroatoms. The van der Waals surface area contributed by atoms with Crippen LogP contribution in [0.2, 0.25) is 0 Å². The molecule has 1 atom stereocenters. The van der Waals surface area contributed by atoms with E-state index < -0.39 is 28.5 Å². The number of sulfonamides is 1. The maximum atomic E-state index is 13.2. The lowest BCUT2D eigenvalue weighted by molar-refractivity contribution is -0.120. The molecule has 0 aliphatic heterocycles. The predicted molar refractivity (Wildman–Crippen MR) is 119 cm³/mol. The van der Waals surface area contributed by atoms with Gasteiger partial charge in [0.1, 0.15) is 18.0 Å². The van der Waals surface area contributed by atoms with Crippen molar-refractivity contribution in [1.82, 2.24) is 10.3 Å². The van der Waals surface area contributed by atoms with Crippen LogP contribution in [0, 0.1) is 0 Å². The van der Waals surface area contributed by atoms with Crippen LogP contribution in [0.3, 0.4) is 0 Å². The van der Waals surface area contributed by atoms with Crippen molar-refractivity contribution in [2.75, 3.05) is 25.1 Å². The highest BCUT2D eigenvalue weighted by Gasteiger charge is 2.29. The molecule has 0 unspecified atom stereocenters. The summed E-state index contributed by atoms with van der Waals surface area (Å²) < 4.78 is 38.0. The molecule has 1 aromatic heterocycles. The molecule has 0 saturated heterocycles. The maximum absolute atomic E-state index is 13.2. The van der Waals surface area contributed by atoms with E-state index in [0.29, 0.717) is 17.1 Å². The van der Waals surface area contributed by atoms with E-state index in [4.69, 9.17) is 9.47 Å². The van der Waals surface area contributed by atoms with Gasteiger partial charge in [0, 0.05) is 17.1 Å². The van der Waals surface area contributed by atoms with Crippen LogP contribution in [0.5, 0.6) is 11.5 Å². The molecule has 0 radical (unpaired) electrons. The Kier molecular flexibility index (Phi) is 7.13. The smallest absolute Gasteiger partial charge is 0.266 e. The average Bonchev–Trinajstić information content (AvgIpc) is 3.31. The number of aromatic nitrogens is 1. The van der Waals surface area contributed by atoms with E-state index in [0.717, 1.165) is 15.6 Å². The molecule has 0 aliphatic carbocycles. The molecule has 3 aromatic rings. The Bertz CT molecular complexity index is 1120. The number of carbonyl (C=O) groups is 1. The van der Waals surface area contributed by atoms with Gasteiger partial charge in [-0.25, -0.2) is 17.7 Å². The number of hydrogen-bond acceptors (Lipinski definition) is 7. The van der Waals surface area contributed by atoms with Gasteiger partial charge in [0.05, 0.1) is 25.2 Å². The third kappa shape index (κ3) is 5.15. The van der Waals surface area contributed by atoms with Gasteiger partial charge in [0.15, 0.2) is 5.13 Å². The molecule has 1 heterocycles. The molecular formula is C21H23N3O5S2. The Morgan fingerprint density at radius 1 is 1.16 bits per heavy atom. The summed E-state index contributed by atoms with van der Waals surface area (Å²) in [6.45, 7) is 1.37. The van der Waals surface area contributed by atoms with E-state index in [1.54, 1.807) is 55.8 Å². The molecule has 1 amide bonds. The molecule has 3 rings (SSSR count). The topological polar surface area (TPSA) is 97.8 Å². The quantitative estimate of drug-likeness (QED) is 0.525. The largest absolute Gasteiger partial charge is 0.497 e. The van der Waals surface area contributed by atoms with Crippen molar-refractivity contribution in [3.05, 3.63) is 65.7 Å². The number of anilines is 1. The van der Waals surface area contributed by atoms with Crippen molar-refractivity contribution in [1.29, 1.82) is 0 Å². The summed E-state index contributed by atoms with van der Waals surface area (Å²) in [5.74, 6) is 0.724. The van der Waals surface area contributed by atoms with Crippen molar-refractivity contribution in [2.24, 2.45) is 0 Å². The lowest BCUT2D eigenvalue weighted by Gasteiger charge is -2.23. The fourth-order valence-corrected chi connectivity index (χ4v) is 5.25. The minimum absolute atomic E-state index is 0.0838. The minimum Gasteiger partial charge on any atom is -0.497 e. The molecule has 0 saturated carbocycles. The van der Waals surface area contributed by atoms with E-state index in [9.17, 15) is 13.2 Å². The van der Waals surface area contributed by atoms with Gasteiger partial charge in [0.2, 0.25) is 5.91 Å². The highest BCUT2D eigenvalue weighted by atomic mass is 32.2. The standard InChI is InChI=1S/C21H23N3O5S2/c1-15(18-13-16(28-2)9-10-19(18)29-3)23-20(25)14-24(21-22-11-12-30-21)31(26,27)17-7-5-4-6-8-17/h4-13,15H,14H2,1-3H3,(H,23,25)/t15-/m1/s1. The third-order valence-electron chi connectivity index (χ3n) is 4.53. The van der Waals surface area contributed by atoms with Gasteiger partial charge < -0.3 is 14.8 Å². The third-order valence-corrected chi connectivity index (χ3v) is 7.19.